The molecule has 2 aromatic heterocycles. The van der Waals surface area contributed by atoms with Crippen LogP contribution >= 0.6 is 11.3 Å². The number of aryl methyl sites for hydroxylation is 1. The molecular weight excluding hydrogens is 447 g/mol. The predicted octanol–water partition coefficient (Wildman–Crippen LogP) is 4.35. The molecule has 0 bridgehead atoms. The van der Waals surface area contributed by atoms with Gasteiger partial charge in [-0.25, -0.2) is 19.0 Å². The van der Waals surface area contributed by atoms with Crippen LogP contribution in [-0.2, 0) is 11.3 Å². The summed E-state index contributed by atoms with van der Waals surface area (Å²) in [6, 6.07) is 12.2. The van der Waals surface area contributed by atoms with E-state index in [2.05, 4.69) is 4.98 Å². The van der Waals surface area contributed by atoms with Crippen LogP contribution in [0.1, 0.15) is 38.1 Å². The SMILES string of the molecule is CCOC(=O)c1ccc(OC(=O)c2sc3ncn(Cc4ccccc4F)c(=O)c3c2C)cc1. The maximum Gasteiger partial charge on any atom is 0.354 e. The van der Waals surface area contributed by atoms with Gasteiger partial charge in [0.05, 0.1) is 30.4 Å². The first-order chi connectivity index (χ1) is 15.9. The number of fused-ring (bicyclic) bond motifs is 1. The lowest BCUT2D eigenvalue weighted by molar-refractivity contribution is 0.0526. The molecule has 0 unspecified atom stereocenters. The normalized spacial score (nSPS) is 10.9. The Bertz CT molecular complexity index is 1410. The summed E-state index contributed by atoms with van der Waals surface area (Å²) in [5.41, 5.74) is 0.784. The molecule has 0 amide bonds. The van der Waals surface area contributed by atoms with Gasteiger partial charge in [-0.1, -0.05) is 18.2 Å². The van der Waals surface area contributed by atoms with Gasteiger partial charge in [-0.05, 0) is 49.7 Å². The molecule has 0 aliphatic rings. The summed E-state index contributed by atoms with van der Waals surface area (Å²) in [4.78, 5) is 42.5. The smallest absolute Gasteiger partial charge is 0.354 e. The third-order valence-corrected chi connectivity index (χ3v) is 6.16. The number of thiophene rings is 1. The van der Waals surface area contributed by atoms with Crippen molar-refractivity contribution in [1.82, 2.24) is 9.55 Å². The third kappa shape index (κ3) is 4.54. The first kappa shape index (κ1) is 22.3. The van der Waals surface area contributed by atoms with Crippen molar-refractivity contribution in [2.24, 2.45) is 0 Å². The van der Waals surface area contributed by atoms with Gasteiger partial charge >= 0.3 is 11.9 Å². The van der Waals surface area contributed by atoms with Gasteiger partial charge in [-0.3, -0.25) is 9.36 Å². The van der Waals surface area contributed by atoms with Crippen LogP contribution in [0.15, 0.2) is 59.7 Å². The third-order valence-electron chi connectivity index (χ3n) is 4.98. The van der Waals surface area contributed by atoms with E-state index in [1.165, 1.54) is 41.2 Å². The summed E-state index contributed by atoms with van der Waals surface area (Å²) in [6.45, 7) is 3.65. The lowest BCUT2D eigenvalue weighted by atomic mass is 10.2. The van der Waals surface area contributed by atoms with Crippen molar-refractivity contribution in [2.45, 2.75) is 20.4 Å². The largest absolute Gasteiger partial charge is 0.462 e. The highest BCUT2D eigenvalue weighted by Crippen LogP contribution is 2.28. The van der Waals surface area contributed by atoms with Crippen LogP contribution in [0.4, 0.5) is 4.39 Å². The zero-order valence-corrected chi connectivity index (χ0v) is 18.6. The molecule has 0 saturated carbocycles. The molecule has 4 rings (SSSR count). The van der Waals surface area contributed by atoms with E-state index in [9.17, 15) is 18.8 Å². The van der Waals surface area contributed by atoms with E-state index in [1.54, 1.807) is 32.0 Å². The van der Waals surface area contributed by atoms with Gasteiger partial charge in [0.15, 0.2) is 0 Å². The Labute approximate surface area is 192 Å². The van der Waals surface area contributed by atoms with Crippen molar-refractivity contribution in [1.29, 1.82) is 0 Å². The summed E-state index contributed by atoms with van der Waals surface area (Å²) >= 11 is 1.05. The molecular formula is C24H19FN2O5S. The van der Waals surface area contributed by atoms with Crippen molar-refractivity contribution >= 4 is 33.5 Å². The molecule has 0 spiro atoms. The number of hydrogen-bond acceptors (Lipinski definition) is 7. The van der Waals surface area contributed by atoms with Gasteiger partial charge in [0.1, 0.15) is 21.3 Å². The van der Waals surface area contributed by atoms with E-state index < -0.39 is 17.8 Å². The molecule has 0 N–H and O–H groups in total. The van der Waals surface area contributed by atoms with Gasteiger partial charge in [-0.2, -0.15) is 0 Å². The lowest BCUT2D eigenvalue weighted by Gasteiger charge is -2.06. The second kappa shape index (κ2) is 9.33. The first-order valence-electron chi connectivity index (χ1n) is 10.1. The molecule has 7 nitrogen and oxygen atoms in total. The van der Waals surface area contributed by atoms with Crippen LogP contribution in [-0.4, -0.2) is 28.1 Å². The molecule has 9 heteroatoms. The highest BCUT2D eigenvalue weighted by atomic mass is 32.1. The Morgan fingerprint density at radius 2 is 1.82 bits per heavy atom. The number of carbonyl (C=O) groups excluding carboxylic acids is 2. The van der Waals surface area contributed by atoms with E-state index in [0.717, 1.165) is 11.3 Å². The number of carbonyl (C=O) groups is 2. The van der Waals surface area contributed by atoms with E-state index in [1.807, 2.05) is 0 Å². The van der Waals surface area contributed by atoms with E-state index >= 15 is 0 Å². The van der Waals surface area contributed by atoms with Crippen molar-refractivity contribution in [3.63, 3.8) is 0 Å². The Morgan fingerprint density at radius 3 is 2.52 bits per heavy atom. The summed E-state index contributed by atoms with van der Waals surface area (Å²) in [5.74, 6) is -1.27. The Balaban J connectivity index is 1.59. The predicted molar refractivity (Wildman–Crippen MR) is 121 cm³/mol. The second-order valence-electron chi connectivity index (χ2n) is 7.14. The standard InChI is InChI=1S/C24H19FN2O5S/c1-3-31-23(29)15-8-10-17(11-9-15)32-24(30)20-14(2)19-21(33-20)26-13-27(22(19)28)12-16-6-4-5-7-18(16)25/h4-11,13H,3,12H2,1-2H3. The fourth-order valence-electron chi connectivity index (χ4n) is 3.30. The lowest BCUT2D eigenvalue weighted by Crippen LogP contribution is -2.21. The molecule has 0 aliphatic carbocycles. The maximum atomic E-state index is 14.0. The Hall–Kier alpha value is -3.85. The monoisotopic (exact) mass is 466 g/mol. The quantitative estimate of drug-likeness (QED) is 0.310. The zero-order valence-electron chi connectivity index (χ0n) is 17.8. The van der Waals surface area contributed by atoms with E-state index in [0.29, 0.717) is 26.9 Å². The fourth-order valence-corrected chi connectivity index (χ4v) is 4.32. The van der Waals surface area contributed by atoms with Crippen LogP contribution < -0.4 is 10.3 Å². The van der Waals surface area contributed by atoms with Crippen LogP contribution in [0.5, 0.6) is 5.75 Å². The minimum absolute atomic E-state index is 0.0241. The number of halogens is 1. The number of esters is 2. The topological polar surface area (TPSA) is 87.5 Å². The molecule has 4 aromatic rings. The van der Waals surface area contributed by atoms with Gasteiger partial charge in [0.25, 0.3) is 5.56 Å². The number of rotatable bonds is 6. The van der Waals surface area contributed by atoms with Crippen molar-refractivity contribution in [3.05, 3.63) is 92.6 Å². The number of benzene rings is 2. The average molecular weight is 466 g/mol. The summed E-state index contributed by atoms with van der Waals surface area (Å²) in [5, 5.41) is 0.295. The van der Waals surface area contributed by atoms with Crippen LogP contribution in [0, 0.1) is 12.7 Å². The van der Waals surface area contributed by atoms with Gasteiger partial charge in [0.2, 0.25) is 0 Å². The first-order valence-corrected chi connectivity index (χ1v) is 10.9. The maximum absolute atomic E-state index is 14.0. The molecule has 0 aliphatic heterocycles. The molecule has 33 heavy (non-hydrogen) atoms. The molecule has 2 heterocycles. The summed E-state index contributed by atoms with van der Waals surface area (Å²) in [6.07, 6.45) is 1.34. The summed E-state index contributed by atoms with van der Waals surface area (Å²) in [7, 11) is 0. The van der Waals surface area contributed by atoms with Crippen LogP contribution in [0.2, 0.25) is 0 Å². The minimum atomic E-state index is -0.639. The number of hydrogen-bond donors (Lipinski definition) is 0. The molecule has 0 fully saturated rings. The minimum Gasteiger partial charge on any atom is -0.462 e. The molecule has 2 aromatic carbocycles. The number of aromatic nitrogens is 2. The average Bonchev–Trinajstić information content (AvgIpc) is 3.15. The van der Waals surface area contributed by atoms with Crippen LogP contribution in [0.25, 0.3) is 10.2 Å². The zero-order chi connectivity index (χ0) is 23.5. The van der Waals surface area contributed by atoms with Gasteiger partial charge < -0.3 is 9.47 Å². The summed E-state index contributed by atoms with van der Waals surface area (Å²) < 4.78 is 25.7. The number of nitrogens with zero attached hydrogens (tertiary/aromatic N) is 2. The Kier molecular flexibility index (Phi) is 6.32. The van der Waals surface area contributed by atoms with Crippen molar-refractivity contribution in [2.75, 3.05) is 6.61 Å². The van der Waals surface area contributed by atoms with Gasteiger partial charge in [0, 0.05) is 5.56 Å². The van der Waals surface area contributed by atoms with Crippen LogP contribution in [0.3, 0.4) is 0 Å². The highest BCUT2D eigenvalue weighted by Gasteiger charge is 2.21. The second-order valence-corrected chi connectivity index (χ2v) is 8.14. The van der Waals surface area contributed by atoms with Gasteiger partial charge in [-0.15, -0.1) is 11.3 Å². The molecule has 168 valence electrons. The Morgan fingerprint density at radius 1 is 1.09 bits per heavy atom. The number of ether oxygens (including phenoxy) is 2. The van der Waals surface area contributed by atoms with Crippen molar-refractivity contribution < 1.29 is 23.5 Å². The fraction of sp³-hybridized carbons (Fsp3) is 0.167. The van der Waals surface area contributed by atoms with E-state index in [-0.39, 0.29) is 29.3 Å². The van der Waals surface area contributed by atoms with Crippen molar-refractivity contribution in [3.8, 4) is 5.75 Å². The molecule has 0 radical (unpaired) electrons. The highest BCUT2D eigenvalue weighted by molar-refractivity contribution is 7.20. The molecule has 0 saturated heterocycles. The van der Waals surface area contributed by atoms with E-state index in [4.69, 9.17) is 9.47 Å². The molecule has 0 atom stereocenters.